The molecule has 0 saturated carbocycles. The summed E-state index contributed by atoms with van der Waals surface area (Å²) in [4.78, 5) is 26.7. The van der Waals surface area contributed by atoms with Gasteiger partial charge in [0.25, 0.3) is 5.91 Å². The smallest absolute Gasteiger partial charge is 0.339 e. The number of aryl methyl sites for hydroxylation is 2. The Bertz CT molecular complexity index is 936. The molecule has 3 aromatic rings. The van der Waals surface area contributed by atoms with Crippen molar-refractivity contribution in [2.24, 2.45) is 0 Å². The summed E-state index contributed by atoms with van der Waals surface area (Å²) in [5, 5.41) is 13.1. The average molecular weight is 340 g/mol. The van der Waals surface area contributed by atoms with Crippen LogP contribution in [0.5, 0.6) is 0 Å². The van der Waals surface area contributed by atoms with E-state index in [1.165, 1.54) is 6.07 Å². The van der Waals surface area contributed by atoms with Gasteiger partial charge in [0.05, 0.1) is 0 Å². The number of aromatic carboxylic acids is 1. The summed E-state index contributed by atoms with van der Waals surface area (Å²) >= 11 is 0. The van der Waals surface area contributed by atoms with E-state index in [2.05, 4.69) is 16.4 Å². The minimum Gasteiger partial charge on any atom is -0.478 e. The highest BCUT2D eigenvalue weighted by molar-refractivity contribution is 5.96. The van der Waals surface area contributed by atoms with Crippen LogP contribution in [0.15, 0.2) is 34.7 Å². The summed E-state index contributed by atoms with van der Waals surface area (Å²) in [6, 6.07) is 9.32. The molecule has 2 heterocycles. The predicted octanol–water partition coefficient (Wildman–Crippen LogP) is 3.30. The maximum Gasteiger partial charge on any atom is 0.339 e. The van der Waals surface area contributed by atoms with Gasteiger partial charge in [-0.15, -0.1) is 0 Å². The summed E-state index contributed by atoms with van der Waals surface area (Å²) in [5.41, 5.74) is 3.36. The highest BCUT2D eigenvalue weighted by Gasteiger charge is 2.20. The van der Waals surface area contributed by atoms with E-state index in [4.69, 9.17) is 9.52 Å². The van der Waals surface area contributed by atoms with E-state index in [9.17, 15) is 9.59 Å². The van der Waals surface area contributed by atoms with E-state index in [1.807, 2.05) is 25.1 Å². The van der Waals surface area contributed by atoms with Crippen molar-refractivity contribution in [2.45, 2.75) is 26.7 Å². The van der Waals surface area contributed by atoms with E-state index in [0.29, 0.717) is 25.1 Å². The number of aromatic amines is 1. The zero-order valence-corrected chi connectivity index (χ0v) is 14.2. The molecule has 3 rings (SSSR count). The number of carboxylic acid groups (broad SMARTS) is 1. The second kappa shape index (κ2) is 6.84. The first-order valence-corrected chi connectivity index (χ1v) is 8.21. The molecule has 0 fully saturated rings. The Labute approximate surface area is 144 Å². The van der Waals surface area contributed by atoms with Crippen molar-refractivity contribution in [3.8, 4) is 0 Å². The van der Waals surface area contributed by atoms with Crippen molar-refractivity contribution < 1.29 is 19.1 Å². The molecule has 3 N–H and O–H groups in total. The Morgan fingerprint density at radius 3 is 2.72 bits per heavy atom. The number of fused-ring (bicyclic) bond motifs is 1. The lowest BCUT2D eigenvalue weighted by molar-refractivity contribution is 0.0694. The molecule has 0 spiro atoms. The monoisotopic (exact) mass is 340 g/mol. The summed E-state index contributed by atoms with van der Waals surface area (Å²) < 4.78 is 5.37. The minimum atomic E-state index is -1.09. The van der Waals surface area contributed by atoms with Crippen LogP contribution in [0.4, 0.5) is 0 Å². The highest BCUT2D eigenvalue weighted by atomic mass is 16.4. The summed E-state index contributed by atoms with van der Waals surface area (Å²) in [6.07, 6.45) is 1.10. The molecule has 0 radical (unpaired) electrons. The zero-order chi connectivity index (χ0) is 18.0. The van der Waals surface area contributed by atoms with Crippen molar-refractivity contribution >= 4 is 22.8 Å². The first-order valence-electron chi connectivity index (χ1n) is 8.21. The lowest BCUT2D eigenvalue weighted by Crippen LogP contribution is -2.25. The number of para-hydroxylation sites is 1. The van der Waals surface area contributed by atoms with Gasteiger partial charge in [-0.05, 0) is 25.0 Å². The lowest BCUT2D eigenvalue weighted by atomic mass is 10.1. The molecule has 0 aliphatic heterocycles. The van der Waals surface area contributed by atoms with Crippen molar-refractivity contribution in [1.29, 1.82) is 0 Å². The maximum absolute atomic E-state index is 12.2. The van der Waals surface area contributed by atoms with Crippen LogP contribution in [0.3, 0.4) is 0 Å². The van der Waals surface area contributed by atoms with Gasteiger partial charge in [-0.2, -0.15) is 0 Å². The molecule has 1 aromatic carbocycles. The van der Waals surface area contributed by atoms with Gasteiger partial charge in [0.15, 0.2) is 5.76 Å². The number of hydrogen-bond donors (Lipinski definition) is 3. The number of nitrogens with one attached hydrogen (secondary N) is 2. The fraction of sp³-hybridized carbons (Fsp3) is 0.263. The number of rotatable bonds is 6. The molecule has 25 heavy (non-hydrogen) atoms. The molecular formula is C19H20N2O4. The van der Waals surface area contributed by atoms with Crippen molar-refractivity contribution in [1.82, 2.24) is 10.3 Å². The first-order chi connectivity index (χ1) is 12.0. The van der Waals surface area contributed by atoms with Gasteiger partial charge in [-0.3, -0.25) is 4.79 Å². The fourth-order valence-electron chi connectivity index (χ4n) is 3.03. The molecular weight excluding hydrogens is 320 g/mol. The van der Waals surface area contributed by atoms with Gasteiger partial charge in [0.1, 0.15) is 11.3 Å². The third kappa shape index (κ3) is 3.28. The molecule has 130 valence electrons. The zero-order valence-electron chi connectivity index (χ0n) is 14.2. The van der Waals surface area contributed by atoms with Gasteiger partial charge >= 0.3 is 5.97 Å². The second-order valence-corrected chi connectivity index (χ2v) is 5.89. The SMILES string of the molecule is CCc1oc(C(=O)NCCc2c(C)[nH]c3ccccc23)cc1C(=O)O. The number of H-pyrrole nitrogens is 1. The number of carbonyl (C=O) groups excluding carboxylic acids is 1. The van der Waals surface area contributed by atoms with E-state index in [-0.39, 0.29) is 11.3 Å². The molecule has 6 nitrogen and oxygen atoms in total. The van der Waals surface area contributed by atoms with Crippen LogP contribution in [0.1, 0.15) is 44.9 Å². The Balaban J connectivity index is 1.68. The molecule has 6 heteroatoms. The van der Waals surface area contributed by atoms with Crippen LogP contribution in [0.2, 0.25) is 0 Å². The molecule has 0 saturated heterocycles. The molecule has 0 bridgehead atoms. The van der Waals surface area contributed by atoms with Crippen LogP contribution in [0.25, 0.3) is 10.9 Å². The van der Waals surface area contributed by atoms with Crippen LogP contribution < -0.4 is 5.32 Å². The molecule has 1 amide bonds. The third-order valence-corrected chi connectivity index (χ3v) is 4.27. The normalized spacial score (nSPS) is 11.0. The number of amides is 1. The largest absolute Gasteiger partial charge is 0.478 e. The lowest BCUT2D eigenvalue weighted by Gasteiger charge is -2.04. The van der Waals surface area contributed by atoms with Gasteiger partial charge < -0.3 is 19.8 Å². The number of carboxylic acids is 1. The minimum absolute atomic E-state index is 0.0323. The fourth-order valence-corrected chi connectivity index (χ4v) is 3.03. The van der Waals surface area contributed by atoms with Crippen LogP contribution >= 0.6 is 0 Å². The van der Waals surface area contributed by atoms with Crippen LogP contribution in [0, 0.1) is 6.92 Å². The number of benzene rings is 1. The summed E-state index contributed by atoms with van der Waals surface area (Å²) in [6.45, 7) is 4.23. The topological polar surface area (TPSA) is 95.3 Å². The van der Waals surface area contributed by atoms with Crippen LogP contribution in [-0.4, -0.2) is 28.5 Å². The molecule has 2 aromatic heterocycles. The van der Waals surface area contributed by atoms with Crippen molar-refractivity contribution in [3.05, 3.63) is 58.7 Å². The Morgan fingerprint density at radius 1 is 1.28 bits per heavy atom. The maximum atomic E-state index is 12.2. The van der Waals surface area contributed by atoms with Gasteiger partial charge in [0.2, 0.25) is 0 Å². The second-order valence-electron chi connectivity index (χ2n) is 5.89. The molecule has 0 atom stereocenters. The van der Waals surface area contributed by atoms with Crippen molar-refractivity contribution in [3.63, 3.8) is 0 Å². The number of hydrogen-bond acceptors (Lipinski definition) is 3. The highest BCUT2D eigenvalue weighted by Crippen LogP contribution is 2.22. The van der Waals surface area contributed by atoms with E-state index in [0.717, 1.165) is 22.2 Å². The van der Waals surface area contributed by atoms with Gasteiger partial charge in [-0.1, -0.05) is 25.1 Å². The number of furan rings is 1. The summed E-state index contributed by atoms with van der Waals surface area (Å²) in [7, 11) is 0. The quantitative estimate of drug-likeness (QED) is 0.641. The van der Waals surface area contributed by atoms with E-state index >= 15 is 0 Å². The van der Waals surface area contributed by atoms with Crippen molar-refractivity contribution in [2.75, 3.05) is 6.54 Å². The molecule has 0 aliphatic carbocycles. The van der Waals surface area contributed by atoms with Crippen LogP contribution in [-0.2, 0) is 12.8 Å². The Morgan fingerprint density at radius 2 is 2.04 bits per heavy atom. The van der Waals surface area contributed by atoms with Gasteiger partial charge in [0, 0.05) is 35.6 Å². The Kier molecular flexibility index (Phi) is 4.61. The van der Waals surface area contributed by atoms with E-state index in [1.54, 1.807) is 6.92 Å². The average Bonchev–Trinajstić information content (AvgIpc) is 3.16. The van der Waals surface area contributed by atoms with E-state index < -0.39 is 11.9 Å². The molecule has 0 unspecified atom stereocenters. The first kappa shape index (κ1) is 16.8. The number of aromatic nitrogens is 1. The number of carbonyl (C=O) groups is 2. The summed E-state index contributed by atoms with van der Waals surface area (Å²) in [5.74, 6) is -1.15. The third-order valence-electron chi connectivity index (χ3n) is 4.27. The van der Waals surface area contributed by atoms with Gasteiger partial charge in [-0.25, -0.2) is 4.79 Å². The standard InChI is InChI=1S/C19H20N2O4/c1-3-16-14(19(23)24)10-17(25-16)18(22)20-9-8-12-11(2)21-15-7-5-4-6-13(12)15/h4-7,10,21H,3,8-9H2,1-2H3,(H,20,22)(H,23,24). The molecule has 0 aliphatic rings. The Hall–Kier alpha value is -3.02. The predicted molar refractivity (Wildman–Crippen MR) is 94.1 cm³/mol.